The SMILES string of the molecule is CC(C)[C@@](C)(C#N)NC(=O)[C@H](C)Sc1nc2ncccn2n1. The molecule has 7 nitrogen and oxygen atoms in total. The van der Waals surface area contributed by atoms with E-state index in [4.69, 9.17) is 0 Å². The molecule has 0 spiro atoms. The molecule has 2 heterocycles. The fourth-order valence-electron chi connectivity index (χ4n) is 1.63. The normalized spacial score (nSPS) is 15.3. The van der Waals surface area contributed by atoms with Gasteiger partial charge < -0.3 is 5.32 Å². The van der Waals surface area contributed by atoms with E-state index in [-0.39, 0.29) is 11.8 Å². The summed E-state index contributed by atoms with van der Waals surface area (Å²) in [7, 11) is 0. The van der Waals surface area contributed by atoms with Gasteiger partial charge in [-0.05, 0) is 25.8 Å². The highest BCUT2D eigenvalue weighted by Gasteiger charge is 2.32. The number of fused-ring (bicyclic) bond motifs is 1. The van der Waals surface area contributed by atoms with Crippen molar-refractivity contribution in [2.75, 3.05) is 0 Å². The van der Waals surface area contributed by atoms with E-state index in [9.17, 15) is 10.1 Å². The molecule has 1 amide bonds. The molecule has 0 unspecified atom stereocenters. The molecule has 2 aromatic heterocycles. The lowest BCUT2D eigenvalue weighted by molar-refractivity contribution is -0.121. The molecule has 0 saturated carbocycles. The predicted octanol–water partition coefficient (Wildman–Crippen LogP) is 1.66. The van der Waals surface area contributed by atoms with Crippen LogP contribution in [-0.4, -0.2) is 36.3 Å². The number of thioether (sulfide) groups is 1. The van der Waals surface area contributed by atoms with Crippen LogP contribution in [0.5, 0.6) is 0 Å². The molecule has 0 fully saturated rings. The quantitative estimate of drug-likeness (QED) is 0.842. The molecule has 116 valence electrons. The number of nitrogens with zero attached hydrogens (tertiary/aromatic N) is 5. The second kappa shape index (κ2) is 6.32. The van der Waals surface area contributed by atoms with Gasteiger partial charge in [0, 0.05) is 12.4 Å². The van der Waals surface area contributed by atoms with Crippen LogP contribution in [0.2, 0.25) is 0 Å². The fourth-order valence-corrected chi connectivity index (χ4v) is 2.39. The van der Waals surface area contributed by atoms with Crippen LogP contribution in [0.3, 0.4) is 0 Å². The maximum absolute atomic E-state index is 12.3. The molecule has 0 aliphatic heterocycles. The summed E-state index contributed by atoms with van der Waals surface area (Å²) in [5.74, 6) is 0.285. The Morgan fingerprint density at radius 2 is 2.23 bits per heavy atom. The maximum Gasteiger partial charge on any atom is 0.253 e. The zero-order chi connectivity index (χ0) is 16.3. The average Bonchev–Trinajstić information content (AvgIpc) is 2.88. The first kappa shape index (κ1) is 16.2. The van der Waals surface area contributed by atoms with Gasteiger partial charge in [-0.3, -0.25) is 4.79 Å². The number of carbonyl (C=O) groups is 1. The van der Waals surface area contributed by atoms with E-state index in [0.717, 1.165) is 0 Å². The summed E-state index contributed by atoms with van der Waals surface area (Å²) in [5, 5.41) is 16.4. The van der Waals surface area contributed by atoms with E-state index in [0.29, 0.717) is 10.9 Å². The van der Waals surface area contributed by atoms with Crippen LogP contribution in [-0.2, 0) is 4.79 Å². The van der Waals surface area contributed by atoms with E-state index >= 15 is 0 Å². The lowest BCUT2D eigenvalue weighted by Gasteiger charge is -2.28. The van der Waals surface area contributed by atoms with Crippen LogP contribution in [0.15, 0.2) is 23.6 Å². The van der Waals surface area contributed by atoms with Crippen LogP contribution in [0.1, 0.15) is 27.7 Å². The van der Waals surface area contributed by atoms with Gasteiger partial charge in [0.2, 0.25) is 11.1 Å². The number of rotatable bonds is 5. The molecule has 8 heteroatoms. The van der Waals surface area contributed by atoms with Crippen LogP contribution in [0.4, 0.5) is 0 Å². The summed E-state index contributed by atoms with van der Waals surface area (Å²) in [6.07, 6.45) is 3.38. The first-order valence-electron chi connectivity index (χ1n) is 6.93. The summed E-state index contributed by atoms with van der Waals surface area (Å²) >= 11 is 1.24. The fraction of sp³-hybridized carbons (Fsp3) is 0.500. The van der Waals surface area contributed by atoms with E-state index < -0.39 is 10.8 Å². The van der Waals surface area contributed by atoms with Gasteiger partial charge in [0.05, 0.1) is 11.3 Å². The zero-order valence-electron chi connectivity index (χ0n) is 12.9. The van der Waals surface area contributed by atoms with Crippen molar-refractivity contribution >= 4 is 23.4 Å². The molecule has 0 saturated heterocycles. The molecular weight excluding hydrogens is 300 g/mol. The molecule has 2 aromatic rings. The first-order valence-corrected chi connectivity index (χ1v) is 7.81. The Morgan fingerprint density at radius 1 is 1.50 bits per heavy atom. The Kier molecular flexibility index (Phi) is 4.66. The van der Waals surface area contributed by atoms with Crippen molar-refractivity contribution in [3.8, 4) is 6.07 Å². The molecular formula is C14H18N6OS. The third kappa shape index (κ3) is 3.36. The van der Waals surface area contributed by atoms with E-state index in [2.05, 4.69) is 26.5 Å². The minimum atomic E-state index is -0.889. The van der Waals surface area contributed by atoms with Crippen molar-refractivity contribution in [1.82, 2.24) is 24.9 Å². The third-order valence-corrected chi connectivity index (χ3v) is 4.47. The molecule has 0 aliphatic carbocycles. The van der Waals surface area contributed by atoms with Gasteiger partial charge in [0.15, 0.2) is 0 Å². The van der Waals surface area contributed by atoms with E-state index in [1.807, 2.05) is 13.8 Å². The highest BCUT2D eigenvalue weighted by Crippen LogP contribution is 2.22. The second-order valence-electron chi connectivity index (χ2n) is 5.48. The summed E-state index contributed by atoms with van der Waals surface area (Å²) in [4.78, 5) is 20.6. The second-order valence-corrected chi connectivity index (χ2v) is 6.78. The standard InChI is InChI=1S/C14H18N6OS/c1-9(2)14(4,8-15)18-11(21)10(3)22-13-17-12-16-6-5-7-20(12)19-13/h5-7,9-10H,1-4H3,(H,18,21)/t10-,14+/m0/s1. The van der Waals surface area contributed by atoms with Gasteiger partial charge >= 0.3 is 0 Å². The molecule has 2 atom stereocenters. The first-order chi connectivity index (χ1) is 10.4. The van der Waals surface area contributed by atoms with Gasteiger partial charge in [0.25, 0.3) is 5.78 Å². The Hall–Kier alpha value is -2.14. The molecule has 0 aromatic carbocycles. The Bertz CT molecular complexity index is 688. The van der Waals surface area contributed by atoms with Crippen LogP contribution in [0.25, 0.3) is 5.78 Å². The van der Waals surface area contributed by atoms with Crippen molar-refractivity contribution in [3.63, 3.8) is 0 Å². The maximum atomic E-state index is 12.3. The predicted molar refractivity (Wildman–Crippen MR) is 83.1 cm³/mol. The Labute approximate surface area is 133 Å². The molecule has 22 heavy (non-hydrogen) atoms. The van der Waals surface area contributed by atoms with Crippen molar-refractivity contribution in [2.24, 2.45) is 5.92 Å². The minimum Gasteiger partial charge on any atom is -0.337 e. The molecule has 2 rings (SSSR count). The van der Waals surface area contributed by atoms with Gasteiger partial charge in [-0.25, -0.2) is 9.50 Å². The highest BCUT2D eigenvalue weighted by molar-refractivity contribution is 8.00. The number of carbonyl (C=O) groups excluding carboxylic acids is 1. The number of nitriles is 1. The number of hydrogen-bond donors (Lipinski definition) is 1. The highest BCUT2D eigenvalue weighted by atomic mass is 32.2. The Balaban J connectivity index is 2.07. The molecule has 0 radical (unpaired) electrons. The summed E-state index contributed by atoms with van der Waals surface area (Å²) in [6, 6.07) is 3.92. The minimum absolute atomic E-state index is 0.0103. The molecule has 0 aliphatic rings. The monoisotopic (exact) mass is 318 g/mol. The molecule has 0 bridgehead atoms. The lowest BCUT2D eigenvalue weighted by Crippen LogP contribution is -2.51. The van der Waals surface area contributed by atoms with Crippen molar-refractivity contribution in [1.29, 1.82) is 5.26 Å². The number of aromatic nitrogens is 4. The topological polar surface area (TPSA) is 96.0 Å². The smallest absolute Gasteiger partial charge is 0.253 e. The van der Waals surface area contributed by atoms with Crippen molar-refractivity contribution in [3.05, 3.63) is 18.5 Å². The molecule has 1 N–H and O–H groups in total. The number of amides is 1. The Morgan fingerprint density at radius 3 is 2.82 bits per heavy atom. The van der Waals surface area contributed by atoms with Crippen LogP contribution < -0.4 is 5.32 Å². The number of hydrogen-bond acceptors (Lipinski definition) is 6. The van der Waals surface area contributed by atoms with Gasteiger partial charge in [0.1, 0.15) is 5.54 Å². The lowest BCUT2D eigenvalue weighted by atomic mass is 9.90. The summed E-state index contributed by atoms with van der Waals surface area (Å²) in [5.41, 5.74) is -0.889. The van der Waals surface area contributed by atoms with Gasteiger partial charge in [-0.15, -0.1) is 5.10 Å². The van der Waals surface area contributed by atoms with Crippen molar-refractivity contribution < 1.29 is 4.79 Å². The van der Waals surface area contributed by atoms with Gasteiger partial charge in [-0.2, -0.15) is 10.2 Å². The van der Waals surface area contributed by atoms with E-state index in [1.54, 1.807) is 36.8 Å². The zero-order valence-corrected chi connectivity index (χ0v) is 13.8. The third-order valence-electron chi connectivity index (χ3n) is 3.52. The summed E-state index contributed by atoms with van der Waals surface area (Å²) < 4.78 is 1.56. The average molecular weight is 318 g/mol. The van der Waals surface area contributed by atoms with Crippen molar-refractivity contribution in [2.45, 2.75) is 43.6 Å². The largest absolute Gasteiger partial charge is 0.337 e. The summed E-state index contributed by atoms with van der Waals surface area (Å²) in [6.45, 7) is 7.28. The van der Waals surface area contributed by atoms with Crippen LogP contribution in [0, 0.1) is 17.2 Å². The number of nitrogens with one attached hydrogen (secondary N) is 1. The van der Waals surface area contributed by atoms with Crippen LogP contribution >= 0.6 is 11.8 Å². The van der Waals surface area contributed by atoms with E-state index in [1.165, 1.54) is 11.8 Å². The van der Waals surface area contributed by atoms with Gasteiger partial charge in [-0.1, -0.05) is 25.6 Å².